The minimum absolute atomic E-state index is 0.126. The number of benzene rings is 2. The number of carbonyl (C=O) groups excluding carboxylic acids is 2. The Balaban J connectivity index is 1.69. The van der Waals surface area contributed by atoms with Crippen molar-refractivity contribution in [3.8, 4) is 5.75 Å². The lowest BCUT2D eigenvalue weighted by atomic mass is 9.95. The van der Waals surface area contributed by atoms with Crippen LogP contribution in [0.1, 0.15) is 69.9 Å². The average Bonchev–Trinajstić information content (AvgIpc) is 2.81. The maximum atomic E-state index is 13.2. The third kappa shape index (κ3) is 7.50. The first kappa shape index (κ1) is 25.1. The standard InChI is InChI=1S/C27H35ClN2O3/c1-19(2)22-12-14-25(15-13-22)33-18-26(31)30(17-21-8-7-9-23(28)16-21)20(3)27(32)29-24-10-5-4-6-11-24/h7-9,12-16,19-20,24H,4-6,10-11,17-18H2,1-3H3,(H,29,32)/t20-/m0/s1. The molecule has 1 fully saturated rings. The van der Waals surface area contributed by atoms with Crippen molar-refractivity contribution in [3.63, 3.8) is 0 Å². The summed E-state index contributed by atoms with van der Waals surface area (Å²) >= 11 is 6.15. The predicted molar refractivity (Wildman–Crippen MR) is 133 cm³/mol. The van der Waals surface area contributed by atoms with Crippen LogP contribution in [0, 0.1) is 0 Å². The number of halogens is 1. The molecule has 1 aliphatic carbocycles. The summed E-state index contributed by atoms with van der Waals surface area (Å²) in [6.45, 7) is 6.19. The highest BCUT2D eigenvalue weighted by molar-refractivity contribution is 6.30. The van der Waals surface area contributed by atoms with E-state index in [1.165, 1.54) is 12.0 Å². The van der Waals surface area contributed by atoms with E-state index in [1.807, 2.05) is 42.5 Å². The average molecular weight is 471 g/mol. The van der Waals surface area contributed by atoms with Crippen LogP contribution in [0.25, 0.3) is 0 Å². The van der Waals surface area contributed by atoms with Crippen LogP contribution < -0.4 is 10.1 Å². The zero-order chi connectivity index (χ0) is 23.8. The first-order valence-electron chi connectivity index (χ1n) is 11.9. The van der Waals surface area contributed by atoms with E-state index < -0.39 is 6.04 Å². The van der Waals surface area contributed by atoms with Crippen LogP contribution in [0.4, 0.5) is 0 Å². The van der Waals surface area contributed by atoms with Gasteiger partial charge in [0.2, 0.25) is 5.91 Å². The molecule has 0 aromatic heterocycles. The Kier molecular flexibility index (Phi) is 9.19. The summed E-state index contributed by atoms with van der Waals surface area (Å²) in [7, 11) is 0. The predicted octanol–water partition coefficient (Wildman–Crippen LogP) is 5.71. The van der Waals surface area contributed by atoms with Crippen molar-refractivity contribution in [2.24, 2.45) is 0 Å². The highest BCUT2D eigenvalue weighted by Crippen LogP contribution is 2.20. The fourth-order valence-corrected chi connectivity index (χ4v) is 4.37. The van der Waals surface area contributed by atoms with Crippen molar-refractivity contribution < 1.29 is 14.3 Å². The highest BCUT2D eigenvalue weighted by Gasteiger charge is 2.28. The van der Waals surface area contributed by atoms with Crippen LogP contribution in [0.2, 0.25) is 5.02 Å². The molecule has 0 radical (unpaired) electrons. The molecule has 0 heterocycles. The van der Waals surface area contributed by atoms with E-state index in [-0.39, 0.29) is 31.0 Å². The van der Waals surface area contributed by atoms with E-state index in [9.17, 15) is 9.59 Å². The Morgan fingerprint density at radius 2 is 1.76 bits per heavy atom. The second kappa shape index (κ2) is 12.1. The number of nitrogens with one attached hydrogen (secondary N) is 1. The Morgan fingerprint density at radius 3 is 2.39 bits per heavy atom. The molecule has 2 amide bonds. The minimum Gasteiger partial charge on any atom is -0.484 e. The van der Waals surface area contributed by atoms with Crippen molar-refractivity contribution in [2.45, 2.75) is 77.4 Å². The molecule has 1 atom stereocenters. The maximum Gasteiger partial charge on any atom is 0.261 e. The molecule has 0 spiro atoms. The third-order valence-electron chi connectivity index (χ3n) is 6.27. The summed E-state index contributed by atoms with van der Waals surface area (Å²) in [4.78, 5) is 27.8. The number of carbonyl (C=O) groups is 2. The van der Waals surface area contributed by atoms with E-state index in [1.54, 1.807) is 17.9 Å². The summed E-state index contributed by atoms with van der Waals surface area (Å²) in [6.07, 6.45) is 5.48. The molecule has 33 heavy (non-hydrogen) atoms. The second-order valence-corrected chi connectivity index (χ2v) is 9.62. The number of hydrogen-bond acceptors (Lipinski definition) is 3. The highest BCUT2D eigenvalue weighted by atomic mass is 35.5. The molecule has 0 unspecified atom stereocenters. The topological polar surface area (TPSA) is 58.6 Å². The molecule has 6 heteroatoms. The van der Waals surface area contributed by atoms with Gasteiger partial charge in [0.05, 0.1) is 0 Å². The van der Waals surface area contributed by atoms with Crippen LogP contribution in [0.15, 0.2) is 48.5 Å². The van der Waals surface area contributed by atoms with Gasteiger partial charge >= 0.3 is 0 Å². The van der Waals surface area contributed by atoms with E-state index in [2.05, 4.69) is 19.2 Å². The Bertz CT molecular complexity index is 923. The molecule has 2 aromatic rings. The fourth-order valence-electron chi connectivity index (χ4n) is 4.16. The minimum atomic E-state index is -0.620. The van der Waals surface area contributed by atoms with Crippen molar-refractivity contribution in [1.82, 2.24) is 10.2 Å². The van der Waals surface area contributed by atoms with Gasteiger partial charge in [-0.25, -0.2) is 0 Å². The van der Waals surface area contributed by atoms with Gasteiger partial charge in [-0.15, -0.1) is 0 Å². The lowest BCUT2D eigenvalue weighted by Crippen LogP contribution is -2.51. The zero-order valence-electron chi connectivity index (χ0n) is 19.9. The quantitative estimate of drug-likeness (QED) is 0.510. The third-order valence-corrected chi connectivity index (χ3v) is 6.50. The lowest BCUT2D eigenvalue weighted by molar-refractivity contribution is -0.142. The van der Waals surface area contributed by atoms with Gasteiger partial charge in [0.15, 0.2) is 6.61 Å². The number of rotatable bonds is 9. The van der Waals surface area contributed by atoms with Crippen LogP contribution in [-0.4, -0.2) is 35.4 Å². The van der Waals surface area contributed by atoms with Crippen LogP contribution >= 0.6 is 11.6 Å². The normalized spacial score (nSPS) is 15.2. The number of ether oxygens (including phenoxy) is 1. The number of nitrogens with zero attached hydrogens (tertiary/aromatic N) is 1. The van der Waals surface area contributed by atoms with Gasteiger partial charge in [-0.1, -0.05) is 69.0 Å². The molecule has 2 aromatic carbocycles. The van der Waals surface area contributed by atoms with Crippen LogP contribution in [-0.2, 0) is 16.1 Å². The fraction of sp³-hybridized carbons (Fsp3) is 0.481. The smallest absolute Gasteiger partial charge is 0.261 e. The second-order valence-electron chi connectivity index (χ2n) is 9.18. The van der Waals surface area contributed by atoms with Gasteiger partial charge < -0.3 is 15.0 Å². The van der Waals surface area contributed by atoms with Crippen molar-refractivity contribution in [3.05, 3.63) is 64.7 Å². The van der Waals surface area contributed by atoms with Gasteiger partial charge in [-0.05, 0) is 61.1 Å². The van der Waals surface area contributed by atoms with Crippen LogP contribution in [0.3, 0.4) is 0 Å². The molecule has 0 aliphatic heterocycles. The number of hydrogen-bond donors (Lipinski definition) is 1. The first-order chi connectivity index (χ1) is 15.8. The Hall–Kier alpha value is -2.53. The van der Waals surface area contributed by atoms with Gasteiger partial charge in [-0.3, -0.25) is 9.59 Å². The Morgan fingerprint density at radius 1 is 1.06 bits per heavy atom. The molecule has 1 N–H and O–H groups in total. The SMILES string of the molecule is CC(C)c1ccc(OCC(=O)N(Cc2cccc(Cl)c2)[C@@H](C)C(=O)NC2CCCCC2)cc1. The van der Waals surface area contributed by atoms with E-state index in [0.29, 0.717) is 16.7 Å². The molecular formula is C27H35ClN2O3. The van der Waals surface area contributed by atoms with E-state index >= 15 is 0 Å². The summed E-state index contributed by atoms with van der Waals surface area (Å²) in [6, 6.07) is 14.7. The monoisotopic (exact) mass is 470 g/mol. The van der Waals surface area contributed by atoms with Crippen molar-refractivity contribution in [1.29, 1.82) is 0 Å². The van der Waals surface area contributed by atoms with Crippen molar-refractivity contribution >= 4 is 23.4 Å². The molecule has 0 saturated heterocycles. The zero-order valence-corrected chi connectivity index (χ0v) is 20.6. The molecule has 3 rings (SSSR count). The van der Waals surface area contributed by atoms with E-state index in [0.717, 1.165) is 31.2 Å². The number of amides is 2. The van der Waals surface area contributed by atoms with Crippen molar-refractivity contribution in [2.75, 3.05) is 6.61 Å². The molecule has 0 bridgehead atoms. The van der Waals surface area contributed by atoms with Gasteiger partial charge in [0, 0.05) is 17.6 Å². The summed E-state index contributed by atoms with van der Waals surface area (Å²) in [5.41, 5.74) is 2.08. The molecular weight excluding hydrogens is 436 g/mol. The van der Waals surface area contributed by atoms with Crippen LogP contribution in [0.5, 0.6) is 5.75 Å². The summed E-state index contributed by atoms with van der Waals surface area (Å²) in [5.74, 6) is 0.694. The molecule has 1 aliphatic rings. The molecule has 178 valence electrons. The maximum absolute atomic E-state index is 13.2. The summed E-state index contributed by atoms with van der Waals surface area (Å²) < 4.78 is 5.78. The van der Waals surface area contributed by atoms with Gasteiger partial charge in [-0.2, -0.15) is 0 Å². The first-order valence-corrected chi connectivity index (χ1v) is 12.3. The summed E-state index contributed by atoms with van der Waals surface area (Å²) in [5, 5.41) is 3.74. The molecule has 1 saturated carbocycles. The Labute approximate surface area is 202 Å². The lowest BCUT2D eigenvalue weighted by Gasteiger charge is -2.31. The molecule has 5 nitrogen and oxygen atoms in total. The van der Waals surface area contributed by atoms with Gasteiger partial charge in [0.1, 0.15) is 11.8 Å². The van der Waals surface area contributed by atoms with Gasteiger partial charge in [0.25, 0.3) is 5.91 Å². The van der Waals surface area contributed by atoms with E-state index in [4.69, 9.17) is 16.3 Å². The largest absolute Gasteiger partial charge is 0.484 e.